The predicted octanol–water partition coefficient (Wildman–Crippen LogP) is 11.3. The van der Waals surface area contributed by atoms with E-state index >= 15 is 0 Å². The lowest BCUT2D eigenvalue weighted by Gasteiger charge is -2.10. The van der Waals surface area contributed by atoms with Gasteiger partial charge in [0.15, 0.2) is 17.5 Å². The Bertz CT molecular complexity index is 2550. The molecule has 0 fully saturated rings. The molecule has 9 aromatic rings. The van der Waals surface area contributed by atoms with Crippen molar-refractivity contribution >= 4 is 32.7 Å². The van der Waals surface area contributed by atoms with Gasteiger partial charge in [0.25, 0.3) is 0 Å². The summed E-state index contributed by atoms with van der Waals surface area (Å²) in [5, 5.41) is 4.51. The third kappa shape index (κ3) is 5.02. The quantitative estimate of drug-likeness (QED) is 0.197. The SMILES string of the molecule is c1ccc(-c2ccc(-c3cccc(-c4nc(-c5ccccc5)nc(-c5ccc6c(c5)oc5cc7ccccc7cc56)n4)c3)cc2)cc1. The smallest absolute Gasteiger partial charge is 0.164 e. The lowest BCUT2D eigenvalue weighted by atomic mass is 9.99. The van der Waals surface area contributed by atoms with E-state index in [4.69, 9.17) is 19.4 Å². The molecule has 0 N–H and O–H groups in total. The maximum Gasteiger partial charge on any atom is 0.164 e. The first-order valence-electron chi connectivity index (χ1n) is 15.7. The van der Waals surface area contributed by atoms with Crippen molar-refractivity contribution in [2.24, 2.45) is 0 Å². The zero-order valence-electron chi connectivity index (χ0n) is 25.3. The number of aromatic nitrogens is 3. The second-order valence-corrected chi connectivity index (χ2v) is 11.7. The van der Waals surface area contributed by atoms with E-state index in [0.29, 0.717) is 17.5 Å². The van der Waals surface area contributed by atoms with Crippen LogP contribution in [0.15, 0.2) is 168 Å². The van der Waals surface area contributed by atoms with E-state index in [1.807, 2.05) is 42.5 Å². The fourth-order valence-corrected chi connectivity index (χ4v) is 6.28. The fourth-order valence-electron chi connectivity index (χ4n) is 6.28. The Labute approximate surface area is 271 Å². The highest BCUT2D eigenvalue weighted by Crippen LogP contribution is 2.35. The third-order valence-corrected chi connectivity index (χ3v) is 8.71. The van der Waals surface area contributed by atoms with Crippen molar-refractivity contribution in [3.8, 4) is 56.4 Å². The average Bonchev–Trinajstić information content (AvgIpc) is 3.51. The highest BCUT2D eigenvalue weighted by molar-refractivity contribution is 6.10. The van der Waals surface area contributed by atoms with Crippen LogP contribution in [0.5, 0.6) is 0 Å². The largest absolute Gasteiger partial charge is 0.456 e. The molecule has 2 heterocycles. The van der Waals surface area contributed by atoms with E-state index in [-0.39, 0.29) is 0 Å². The molecular formula is C43H27N3O. The van der Waals surface area contributed by atoms with Gasteiger partial charge in [-0.2, -0.15) is 0 Å². The molecule has 4 heteroatoms. The van der Waals surface area contributed by atoms with Gasteiger partial charge in [0.05, 0.1) is 0 Å². The molecule has 0 amide bonds. The van der Waals surface area contributed by atoms with Gasteiger partial charge in [-0.3, -0.25) is 0 Å². The van der Waals surface area contributed by atoms with E-state index in [1.165, 1.54) is 16.5 Å². The highest BCUT2D eigenvalue weighted by Gasteiger charge is 2.15. The van der Waals surface area contributed by atoms with Gasteiger partial charge in [0, 0.05) is 27.5 Å². The first-order chi connectivity index (χ1) is 23.2. The Kier molecular flexibility index (Phi) is 6.43. The normalized spacial score (nSPS) is 11.4. The molecule has 4 nitrogen and oxygen atoms in total. The van der Waals surface area contributed by atoms with Gasteiger partial charge in [-0.25, -0.2) is 15.0 Å². The molecule has 0 spiro atoms. The number of rotatable bonds is 5. The Morgan fingerprint density at radius 2 is 0.766 bits per heavy atom. The number of hydrogen-bond donors (Lipinski definition) is 0. The molecule has 7 aromatic carbocycles. The number of furan rings is 1. The zero-order valence-corrected chi connectivity index (χ0v) is 25.3. The summed E-state index contributed by atoms with van der Waals surface area (Å²) in [6.07, 6.45) is 0. The number of hydrogen-bond acceptors (Lipinski definition) is 4. The summed E-state index contributed by atoms with van der Waals surface area (Å²) < 4.78 is 6.38. The summed E-state index contributed by atoms with van der Waals surface area (Å²) in [6.45, 7) is 0. The van der Waals surface area contributed by atoms with Crippen LogP contribution in [0.4, 0.5) is 0 Å². The molecule has 0 saturated carbocycles. The highest BCUT2D eigenvalue weighted by atomic mass is 16.3. The number of benzene rings is 7. The second kappa shape index (κ2) is 11.2. The molecule has 0 aliphatic carbocycles. The van der Waals surface area contributed by atoms with E-state index < -0.39 is 0 Å². The Hall–Kier alpha value is -6.39. The summed E-state index contributed by atoms with van der Waals surface area (Å²) in [7, 11) is 0. The van der Waals surface area contributed by atoms with Crippen LogP contribution < -0.4 is 0 Å². The minimum absolute atomic E-state index is 0.596. The van der Waals surface area contributed by atoms with Gasteiger partial charge in [0.2, 0.25) is 0 Å². The van der Waals surface area contributed by atoms with E-state index in [1.54, 1.807) is 0 Å². The van der Waals surface area contributed by atoms with Crippen LogP contribution >= 0.6 is 0 Å². The molecule has 2 aromatic heterocycles. The van der Waals surface area contributed by atoms with E-state index in [9.17, 15) is 0 Å². The second-order valence-electron chi connectivity index (χ2n) is 11.7. The maximum absolute atomic E-state index is 6.38. The first-order valence-corrected chi connectivity index (χ1v) is 15.7. The van der Waals surface area contributed by atoms with Crippen LogP contribution in [-0.2, 0) is 0 Å². The molecule has 0 aliphatic heterocycles. The summed E-state index contributed by atoms with van der Waals surface area (Å²) in [6, 6.07) is 56.5. The molecular weight excluding hydrogens is 574 g/mol. The van der Waals surface area contributed by atoms with Crippen LogP contribution in [0.25, 0.3) is 89.1 Å². The number of nitrogens with zero attached hydrogens (tertiary/aromatic N) is 3. The van der Waals surface area contributed by atoms with Crippen molar-refractivity contribution in [3.05, 3.63) is 164 Å². The zero-order chi connectivity index (χ0) is 31.2. The molecule has 9 rings (SSSR count). The standard InChI is InChI=1S/C43H27N3O/c1-3-10-28(11-4-1)29-18-20-30(21-19-29)32-16-9-17-35(24-32)42-44-41(31-12-5-2-6-13-31)45-43(46-42)36-22-23-37-38-25-33-14-7-8-15-34(33)26-40(38)47-39(37)27-36/h1-27H. The van der Waals surface area contributed by atoms with E-state index in [2.05, 4.69) is 121 Å². The minimum atomic E-state index is 0.596. The van der Waals surface area contributed by atoms with Gasteiger partial charge < -0.3 is 4.42 Å². The van der Waals surface area contributed by atoms with Crippen molar-refractivity contribution in [1.29, 1.82) is 0 Å². The molecule has 0 unspecified atom stereocenters. The monoisotopic (exact) mass is 601 g/mol. The maximum atomic E-state index is 6.38. The summed E-state index contributed by atoms with van der Waals surface area (Å²) >= 11 is 0. The van der Waals surface area contributed by atoms with Crippen molar-refractivity contribution < 1.29 is 4.42 Å². The molecule has 47 heavy (non-hydrogen) atoms. The fraction of sp³-hybridized carbons (Fsp3) is 0. The van der Waals surface area contributed by atoms with Crippen LogP contribution in [0, 0.1) is 0 Å². The van der Waals surface area contributed by atoms with Gasteiger partial charge in [-0.1, -0.05) is 133 Å². The average molecular weight is 602 g/mol. The van der Waals surface area contributed by atoms with Gasteiger partial charge >= 0.3 is 0 Å². The Balaban J connectivity index is 1.14. The summed E-state index contributed by atoms with van der Waals surface area (Å²) in [5.74, 6) is 1.84. The molecule has 0 saturated heterocycles. The van der Waals surface area contributed by atoms with Crippen molar-refractivity contribution in [2.75, 3.05) is 0 Å². The van der Waals surface area contributed by atoms with Gasteiger partial charge in [-0.05, 0) is 63.4 Å². The van der Waals surface area contributed by atoms with Crippen LogP contribution in [0.2, 0.25) is 0 Å². The van der Waals surface area contributed by atoms with Gasteiger partial charge in [0.1, 0.15) is 11.2 Å². The predicted molar refractivity (Wildman–Crippen MR) is 192 cm³/mol. The van der Waals surface area contributed by atoms with Crippen molar-refractivity contribution in [2.45, 2.75) is 0 Å². The lowest BCUT2D eigenvalue weighted by Crippen LogP contribution is -2.00. The van der Waals surface area contributed by atoms with Crippen molar-refractivity contribution in [3.63, 3.8) is 0 Å². The summed E-state index contributed by atoms with van der Waals surface area (Å²) in [4.78, 5) is 15.0. The van der Waals surface area contributed by atoms with Crippen LogP contribution in [-0.4, -0.2) is 15.0 Å². The third-order valence-electron chi connectivity index (χ3n) is 8.71. The topological polar surface area (TPSA) is 51.8 Å². The first kappa shape index (κ1) is 27.0. The molecule has 220 valence electrons. The molecule has 0 radical (unpaired) electrons. The number of fused-ring (bicyclic) bond motifs is 4. The van der Waals surface area contributed by atoms with Gasteiger partial charge in [-0.15, -0.1) is 0 Å². The summed E-state index contributed by atoms with van der Waals surface area (Å²) in [5.41, 5.74) is 9.02. The molecule has 0 aliphatic rings. The lowest BCUT2D eigenvalue weighted by molar-refractivity contribution is 0.669. The van der Waals surface area contributed by atoms with Crippen LogP contribution in [0.1, 0.15) is 0 Å². The Morgan fingerprint density at radius 1 is 0.298 bits per heavy atom. The van der Waals surface area contributed by atoms with E-state index in [0.717, 1.165) is 55.1 Å². The minimum Gasteiger partial charge on any atom is -0.456 e. The van der Waals surface area contributed by atoms with Crippen molar-refractivity contribution in [1.82, 2.24) is 15.0 Å². The molecule has 0 atom stereocenters. The molecule has 0 bridgehead atoms. The Morgan fingerprint density at radius 3 is 1.47 bits per heavy atom. The van der Waals surface area contributed by atoms with Crippen LogP contribution in [0.3, 0.4) is 0 Å².